The van der Waals surface area contributed by atoms with E-state index >= 15 is 0 Å². The maximum atomic E-state index is 12.0. The molecule has 56 heavy (non-hydrogen) atoms. The summed E-state index contributed by atoms with van der Waals surface area (Å²) in [5.74, 6) is 0.437. The fourth-order valence-corrected chi connectivity index (χ4v) is 8.39. The quantitative estimate of drug-likeness (QED) is 0.153. The predicted molar refractivity (Wildman–Crippen MR) is 234 cm³/mol. The highest BCUT2D eigenvalue weighted by Crippen LogP contribution is 2.45. The summed E-state index contributed by atoms with van der Waals surface area (Å²) in [6.07, 6.45) is 7.62. The SMILES string of the molecule is Oc1c(C=N[C@H]2CCCC[C@H]2N=Cc2cc3ccccc3c(-c3ccccc3-c3ccccc3)c2O)cc2ccccc2c1-c1ccccc1-c1ccccc1. The maximum Gasteiger partial charge on any atom is 0.132 e. The first-order chi connectivity index (χ1) is 27.6. The number of benzene rings is 8. The highest BCUT2D eigenvalue weighted by atomic mass is 16.3. The zero-order valence-electron chi connectivity index (χ0n) is 31.1. The van der Waals surface area contributed by atoms with E-state index in [2.05, 4.69) is 72.8 Å². The smallest absolute Gasteiger partial charge is 0.132 e. The minimum atomic E-state index is -0.0631. The molecule has 272 valence electrons. The third kappa shape index (κ3) is 6.75. The van der Waals surface area contributed by atoms with Crippen LogP contribution < -0.4 is 0 Å². The van der Waals surface area contributed by atoms with Gasteiger partial charge in [0.2, 0.25) is 0 Å². The molecule has 2 N–H and O–H groups in total. The monoisotopic (exact) mass is 726 g/mol. The number of hydrogen-bond acceptors (Lipinski definition) is 4. The minimum absolute atomic E-state index is 0.0631. The van der Waals surface area contributed by atoms with Crippen molar-refractivity contribution in [2.45, 2.75) is 37.8 Å². The van der Waals surface area contributed by atoms with Crippen molar-refractivity contribution in [2.75, 3.05) is 0 Å². The standard InChI is InChI=1S/C52H42N2O2/c55-51-39(31-37-21-7-9-25-43(37)49(51)45-27-13-11-23-41(45)35-17-3-1-4-18-35)33-53-47-29-15-16-30-48(47)54-34-40-32-38-22-8-10-26-44(38)50(52(40)56)46-28-14-12-24-42(46)36-19-5-2-6-20-36/h1-14,17-28,31-34,47-48,55-56H,15-16,29-30H2/t47-,48+. The third-order valence-corrected chi connectivity index (χ3v) is 11.2. The van der Waals surface area contributed by atoms with E-state index in [1.807, 2.05) is 109 Å². The van der Waals surface area contributed by atoms with Gasteiger partial charge >= 0.3 is 0 Å². The van der Waals surface area contributed by atoms with Crippen molar-refractivity contribution < 1.29 is 10.2 Å². The second-order valence-electron chi connectivity index (χ2n) is 14.6. The van der Waals surface area contributed by atoms with Crippen LogP contribution in [-0.2, 0) is 0 Å². The first kappa shape index (κ1) is 35.0. The molecule has 0 saturated heterocycles. The zero-order valence-corrected chi connectivity index (χ0v) is 31.1. The maximum absolute atomic E-state index is 12.0. The van der Waals surface area contributed by atoms with E-state index in [4.69, 9.17) is 9.98 Å². The van der Waals surface area contributed by atoms with Crippen LogP contribution in [0.2, 0.25) is 0 Å². The van der Waals surface area contributed by atoms with Gasteiger partial charge in [0.15, 0.2) is 0 Å². The van der Waals surface area contributed by atoms with Crippen LogP contribution in [0, 0.1) is 0 Å². The second-order valence-corrected chi connectivity index (χ2v) is 14.6. The molecule has 1 aliphatic carbocycles. The number of fused-ring (bicyclic) bond motifs is 2. The van der Waals surface area contributed by atoms with Crippen molar-refractivity contribution >= 4 is 34.0 Å². The second kappa shape index (κ2) is 15.5. The van der Waals surface area contributed by atoms with Crippen LogP contribution in [0.1, 0.15) is 36.8 Å². The molecule has 0 aromatic heterocycles. The Morgan fingerprint density at radius 2 is 0.768 bits per heavy atom. The van der Waals surface area contributed by atoms with E-state index in [-0.39, 0.29) is 23.6 Å². The van der Waals surface area contributed by atoms with Gasteiger partial charge in [-0.05, 0) is 79.9 Å². The molecule has 0 bridgehead atoms. The summed E-state index contributed by atoms with van der Waals surface area (Å²) in [7, 11) is 0. The summed E-state index contributed by atoms with van der Waals surface area (Å²) < 4.78 is 0. The van der Waals surface area contributed by atoms with Gasteiger partial charge in [-0.2, -0.15) is 0 Å². The molecule has 0 radical (unpaired) electrons. The van der Waals surface area contributed by atoms with Crippen molar-refractivity contribution in [3.05, 3.63) is 181 Å². The molecule has 2 atom stereocenters. The number of aromatic hydroxyl groups is 2. The Morgan fingerprint density at radius 3 is 1.20 bits per heavy atom. The fraction of sp³-hybridized carbons (Fsp3) is 0.115. The lowest BCUT2D eigenvalue weighted by Crippen LogP contribution is -2.27. The lowest BCUT2D eigenvalue weighted by atomic mass is 9.89. The molecule has 1 saturated carbocycles. The van der Waals surface area contributed by atoms with Crippen LogP contribution >= 0.6 is 0 Å². The van der Waals surface area contributed by atoms with Gasteiger partial charge in [-0.15, -0.1) is 0 Å². The van der Waals surface area contributed by atoms with E-state index in [0.29, 0.717) is 11.1 Å². The molecule has 9 rings (SSSR count). The van der Waals surface area contributed by atoms with E-state index in [0.717, 1.165) is 91.7 Å². The van der Waals surface area contributed by atoms with Gasteiger partial charge in [-0.1, -0.05) is 171 Å². The van der Waals surface area contributed by atoms with Crippen LogP contribution in [0.15, 0.2) is 180 Å². The number of nitrogens with zero attached hydrogens (tertiary/aromatic N) is 2. The number of hydrogen-bond donors (Lipinski definition) is 2. The Kier molecular flexibility index (Phi) is 9.69. The van der Waals surface area contributed by atoms with E-state index in [1.54, 1.807) is 0 Å². The zero-order chi connectivity index (χ0) is 37.8. The Bertz CT molecular complexity index is 2550. The van der Waals surface area contributed by atoms with Crippen molar-refractivity contribution in [3.8, 4) is 56.0 Å². The third-order valence-electron chi connectivity index (χ3n) is 11.2. The first-order valence-electron chi connectivity index (χ1n) is 19.5. The van der Waals surface area contributed by atoms with Gasteiger partial charge in [0.1, 0.15) is 11.5 Å². The molecule has 8 aromatic carbocycles. The molecule has 0 unspecified atom stereocenters. The Labute approximate surface area is 327 Å². The summed E-state index contributed by atoms with van der Waals surface area (Å²) >= 11 is 0. The van der Waals surface area contributed by atoms with Crippen LogP contribution in [0.5, 0.6) is 11.5 Å². The van der Waals surface area contributed by atoms with Gasteiger partial charge in [0, 0.05) is 34.7 Å². The number of phenols is 2. The molecule has 0 amide bonds. The van der Waals surface area contributed by atoms with Gasteiger partial charge in [-0.25, -0.2) is 0 Å². The molecular weight excluding hydrogens is 685 g/mol. The van der Waals surface area contributed by atoms with Crippen molar-refractivity contribution in [1.29, 1.82) is 0 Å². The number of phenolic OH excluding ortho intramolecular Hbond substituents is 2. The average Bonchev–Trinajstić information content (AvgIpc) is 3.26. The van der Waals surface area contributed by atoms with E-state index in [9.17, 15) is 10.2 Å². The predicted octanol–water partition coefficient (Wildman–Crippen LogP) is 12.9. The topological polar surface area (TPSA) is 65.2 Å². The Balaban J connectivity index is 1.08. The van der Waals surface area contributed by atoms with E-state index in [1.165, 1.54) is 0 Å². The molecule has 4 heteroatoms. The number of aliphatic imine (C=N–C) groups is 2. The highest BCUT2D eigenvalue weighted by Gasteiger charge is 2.25. The Morgan fingerprint density at radius 1 is 0.411 bits per heavy atom. The van der Waals surface area contributed by atoms with Crippen LogP contribution in [0.4, 0.5) is 0 Å². The normalized spacial score (nSPS) is 15.9. The molecular formula is C52H42N2O2. The van der Waals surface area contributed by atoms with Gasteiger partial charge in [0.05, 0.1) is 12.1 Å². The van der Waals surface area contributed by atoms with Gasteiger partial charge in [-0.3, -0.25) is 9.98 Å². The molecule has 0 spiro atoms. The summed E-state index contributed by atoms with van der Waals surface area (Å²) in [5, 5.41) is 28.1. The summed E-state index contributed by atoms with van der Waals surface area (Å²) in [4.78, 5) is 10.3. The van der Waals surface area contributed by atoms with Crippen molar-refractivity contribution in [2.24, 2.45) is 9.98 Å². The molecule has 8 aromatic rings. The van der Waals surface area contributed by atoms with Crippen LogP contribution in [0.3, 0.4) is 0 Å². The summed E-state index contributed by atoms with van der Waals surface area (Å²) in [5.41, 5.74) is 9.25. The molecule has 4 nitrogen and oxygen atoms in total. The molecule has 1 aliphatic rings. The lowest BCUT2D eigenvalue weighted by molar-refractivity contribution is 0.390. The van der Waals surface area contributed by atoms with Crippen molar-refractivity contribution in [3.63, 3.8) is 0 Å². The van der Waals surface area contributed by atoms with Gasteiger partial charge in [0.25, 0.3) is 0 Å². The van der Waals surface area contributed by atoms with Crippen LogP contribution in [-0.4, -0.2) is 34.7 Å². The average molecular weight is 727 g/mol. The van der Waals surface area contributed by atoms with Gasteiger partial charge < -0.3 is 10.2 Å². The van der Waals surface area contributed by atoms with Crippen molar-refractivity contribution in [1.82, 2.24) is 0 Å². The highest BCUT2D eigenvalue weighted by molar-refractivity contribution is 6.09. The minimum Gasteiger partial charge on any atom is -0.507 e. The Hall–Kier alpha value is -6.78. The lowest BCUT2D eigenvalue weighted by Gasteiger charge is -2.25. The van der Waals surface area contributed by atoms with E-state index < -0.39 is 0 Å². The largest absolute Gasteiger partial charge is 0.507 e. The summed E-state index contributed by atoms with van der Waals surface area (Å²) in [6.45, 7) is 0. The molecule has 0 aliphatic heterocycles. The first-order valence-corrected chi connectivity index (χ1v) is 19.5. The summed E-state index contributed by atoms with van der Waals surface area (Å²) in [6, 6.07) is 57.6. The van der Waals surface area contributed by atoms with Crippen LogP contribution in [0.25, 0.3) is 66.1 Å². The fourth-order valence-electron chi connectivity index (χ4n) is 8.39. The molecule has 1 fully saturated rings. The molecule has 0 heterocycles. The number of rotatable bonds is 8.